The lowest BCUT2D eigenvalue weighted by Gasteiger charge is -2.28. The minimum absolute atomic E-state index is 0.0140. The zero-order chi connectivity index (χ0) is 22.6. The van der Waals surface area contributed by atoms with Crippen LogP contribution in [0.25, 0.3) is 0 Å². The van der Waals surface area contributed by atoms with Crippen LogP contribution in [-0.2, 0) is 14.3 Å². The third-order valence-corrected chi connectivity index (χ3v) is 6.85. The summed E-state index contributed by atoms with van der Waals surface area (Å²) in [4.78, 5) is 25.2. The van der Waals surface area contributed by atoms with E-state index in [1.165, 1.54) is 12.7 Å². The Morgan fingerprint density at radius 2 is 1.97 bits per heavy atom. The molecule has 0 heterocycles. The second kappa shape index (κ2) is 10.4. The van der Waals surface area contributed by atoms with Crippen molar-refractivity contribution in [2.45, 2.75) is 72.8 Å². The largest absolute Gasteiger partial charge is 0.466 e. The normalized spacial score (nSPS) is 28.0. The van der Waals surface area contributed by atoms with Crippen LogP contribution >= 0.6 is 0 Å². The van der Waals surface area contributed by atoms with E-state index in [-0.39, 0.29) is 29.5 Å². The van der Waals surface area contributed by atoms with Crippen molar-refractivity contribution in [3.63, 3.8) is 0 Å². The summed E-state index contributed by atoms with van der Waals surface area (Å²) >= 11 is 0. The average molecular weight is 415 g/mol. The van der Waals surface area contributed by atoms with Crippen molar-refractivity contribution in [3.05, 3.63) is 46.6 Å². The van der Waals surface area contributed by atoms with Crippen molar-refractivity contribution in [1.82, 2.24) is 0 Å². The molecule has 0 aliphatic heterocycles. The molecule has 5 atom stereocenters. The Morgan fingerprint density at radius 1 is 1.30 bits per heavy atom. The van der Waals surface area contributed by atoms with Gasteiger partial charge in [-0.15, -0.1) is 0 Å². The summed E-state index contributed by atoms with van der Waals surface area (Å²) in [6.45, 7) is 14.2. The number of rotatable bonds is 7. The van der Waals surface area contributed by atoms with Crippen molar-refractivity contribution in [1.29, 1.82) is 0 Å². The molecule has 0 saturated heterocycles. The van der Waals surface area contributed by atoms with Gasteiger partial charge in [-0.25, -0.2) is 4.79 Å². The lowest BCUT2D eigenvalue weighted by molar-refractivity contribution is -0.136. The Hall–Kier alpha value is -1.94. The fourth-order valence-corrected chi connectivity index (χ4v) is 5.07. The highest BCUT2D eigenvalue weighted by atomic mass is 16.5. The minimum Gasteiger partial charge on any atom is -0.466 e. The molecule has 2 aliphatic carbocycles. The molecule has 0 aromatic rings. The van der Waals surface area contributed by atoms with Crippen LogP contribution in [0, 0.1) is 23.7 Å². The molecule has 0 unspecified atom stereocenters. The fourth-order valence-electron chi connectivity index (χ4n) is 5.07. The predicted octanol–water partition coefficient (Wildman–Crippen LogP) is 5.34. The van der Waals surface area contributed by atoms with Gasteiger partial charge in [0.2, 0.25) is 0 Å². The maximum atomic E-state index is 13.2. The number of fused-ring (bicyclic) bond motifs is 1. The average Bonchev–Trinajstić information content (AvgIpc) is 2.82. The number of ether oxygens (including phenoxy) is 1. The van der Waals surface area contributed by atoms with Gasteiger partial charge >= 0.3 is 5.97 Å². The predicted molar refractivity (Wildman–Crippen MR) is 121 cm³/mol. The van der Waals surface area contributed by atoms with Gasteiger partial charge in [0.1, 0.15) is 0 Å². The van der Waals surface area contributed by atoms with Crippen LogP contribution in [0.1, 0.15) is 66.7 Å². The molecule has 166 valence electrons. The first kappa shape index (κ1) is 24.3. The molecule has 1 N–H and O–H groups in total. The summed E-state index contributed by atoms with van der Waals surface area (Å²) in [6.07, 6.45) is 7.48. The van der Waals surface area contributed by atoms with Crippen LogP contribution in [-0.4, -0.2) is 30.1 Å². The van der Waals surface area contributed by atoms with Crippen molar-refractivity contribution >= 4 is 11.8 Å². The summed E-state index contributed by atoms with van der Waals surface area (Å²) in [5, 5.41) is 11.0. The maximum Gasteiger partial charge on any atom is 0.333 e. The third-order valence-electron chi connectivity index (χ3n) is 6.85. The first-order valence-corrected chi connectivity index (χ1v) is 11.1. The molecule has 2 aliphatic rings. The van der Waals surface area contributed by atoms with E-state index >= 15 is 0 Å². The van der Waals surface area contributed by atoms with E-state index < -0.39 is 12.0 Å². The number of aliphatic hydroxyl groups is 1. The highest BCUT2D eigenvalue weighted by Gasteiger charge is 2.47. The second-order valence-corrected chi connectivity index (χ2v) is 9.36. The Balaban J connectivity index is 2.24. The van der Waals surface area contributed by atoms with Crippen LogP contribution in [0.3, 0.4) is 0 Å². The molecule has 0 radical (unpaired) electrons. The summed E-state index contributed by atoms with van der Waals surface area (Å²) in [7, 11) is 1.37. The van der Waals surface area contributed by atoms with Crippen molar-refractivity contribution < 1.29 is 19.4 Å². The first-order chi connectivity index (χ1) is 14.1. The number of carbonyl (C=O) groups is 2. The van der Waals surface area contributed by atoms with Crippen LogP contribution in [0.2, 0.25) is 0 Å². The first-order valence-electron chi connectivity index (χ1n) is 11.1. The summed E-state index contributed by atoms with van der Waals surface area (Å²) < 4.78 is 4.87. The van der Waals surface area contributed by atoms with E-state index in [1.54, 1.807) is 0 Å². The molecular weight excluding hydrogens is 376 g/mol. The lowest BCUT2D eigenvalue weighted by atomic mass is 9.77. The second-order valence-electron chi connectivity index (χ2n) is 9.36. The van der Waals surface area contributed by atoms with Crippen LogP contribution in [0.15, 0.2) is 46.6 Å². The highest BCUT2D eigenvalue weighted by Crippen LogP contribution is 2.49. The van der Waals surface area contributed by atoms with E-state index in [1.807, 2.05) is 19.9 Å². The van der Waals surface area contributed by atoms with Crippen LogP contribution in [0.4, 0.5) is 0 Å². The molecule has 0 aromatic carbocycles. The van der Waals surface area contributed by atoms with Crippen molar-refractivity contribution in [2.24, 2.45) is 23.7 Å². The molecule has 4 heteroatoms. The Kier molecular flexibility index (Phi) is 8.42. The molecule has 4 nitrogen and oxygen atoms in total. The molecule has 1 saturated carbocycles. The fraction of sp³-hybridized carbons (Fsp3) is 0.615. The molecule has 30 heavy (non-hydrogen) atoms. The number of ketones is 1. The minimum atomic E-state index is -0.788. The van der Waals surface area contributed by atoms with Gasteiger partial charge in [-0.05, 0) is 83.1 Å². The quantitative estimate of drug-likeness (QED) is 0.347. The van der Waals surface area contributed by atoms with Gasteiger partial charge in [0.25, 0.3) is 0 Å². The Labute approximate surface area is 181 Å². The SMILES string of the molecule is C=C(C(=O)OC)[C@@H]1CC[C@H](C)[C@H]2C(=C(C)C(=O)[C@@H]2[C@H](O)/C=C(\C)CCC=C(C)C)C1. The summed E-state index contributed by atoms with van der Waals surface area (Å²) in [5.41, 5.74) is 4.74. The zero-order valence-electron chi connectivity index (χ0n) is 19.5. The summed E-state index contributed by atoms with van der Waals surface area (Å²) in [5.74, 6) is -0.494. The van der Waals surface area contributed by atoms with Gasteiger partial charge < -0.3 is 9.84 Å². The van der Waals surface area contributed by atoms with Crippen LogP contribution in [0.5, 0.6) is 0 Å². The number of hydrogen-bond acceptors (Lipinski definition) is 4. The van der Waals surface area contributed by atoms with E-state index in [9.17, 15) is 14.7 Å². The van der Waals surface area contributed by atoms with Crippen molar-refractivity contribution in [2.75, 3.05) is 7.11 Å². The molecule has 0 amide bonds. The monoisotopic (exact) mass is 414 g/mol. The number of allylic oxidation sites excluding steroid dienone is 5. The number of methoxy groups -OCH3 is 1. The van der Waals surface area contributed by atoms with E-state index in [0.29, 0.717) is 12.0 Å². The molecule has 1 fully saturated rings. The molecular formula is C26H38O4. The summed E-state index contributed by atoms with van der Waals surface area (Å²) in [6, 6.07) is 0. The number of esters is 1. The number of Topliss-reactive ketones (excluding diaryl/α,β-unsaturated/α-hetero) is 1. The highest BCUT2D eigenvalue weighted by molar-refractivity contribution is 6.01. The molecule has 0 bridgehead atoms. The Bertz CT molecular complexity index is 779. The van der Waals surface area contributed by atoms with E-state index in [0.717, 1.165) is 42.4 Å². The van der Waals surface area contributed by atoms with Crippen molar-refractivity contribution in [3.8, 4) is 0 Å². The van der Waals surface area contributed by atoms with Gasteiger partial charge in [0, 0.05) is 5.57 Å². The molecule has 0 aromatic heterocycles. The maximum absolute atomic E-state index is 13.2. The smallest absolute Gasteiger partial charge is 0.333 e. The Morgan fingerprint density at radius 3 is 2.57 bits per heavy atom. The standard InChI is InChI=1S/C26H38O4/c1-15(2)9-8-10-16(3)13-22(27)24-23-17(4)11-12-20(18(5)26(29)30-7)14-21(23)19(6)25(24)28/h9,13,17,20,22-24,27H,5,8,10-12,14H2,1-4,6-7H3/b16-13+/t17-,20+,22+,23-,24+/m0/s1. The topological polar surface area (TPSA) is 63.6 Å². The van der Waals surface area contributed by atoms with Gasteiger partial charge in [0.05, 0.1) is 19.1 Å². The van der Waals surface area contributed by atoms with Gasteiger partial charge in [-0.2, -0.15) is 0 Å². The van der Waals surface area contributed by atoms with E-state index in [4.69, 9.17) is 4.74 Å². The number of carbonyl (C=O) groups excluding carboxylic acids is 2. The third kappa shape index (κ3) is 5.40. The lowest BCUT2D eigenvalue weighted by Crippen LogP contribution is -2.33. The van der Waals surface area contributed by atoms with Crippen LogP contribution < -0.4 is 0 Å². The zero-order valence-corrected chi connectivity index (χ0v) is 19.5. The molecule has 2 rings (SSSR count). The van der Waals surface area contributed by atoms with Gasteiger partial charge in [-0.1, -0.05) is 42.4 Å². The molecule has 0 spiro atoms. The number of hydrogen-bond donors (Lipinski definition) is 1. The van der Waals surface area contributed by atoms with Gasteiger partial charge in [-0.3, -0.25) is 4.79 Å². The van der Waals surface area contributed by atoms with E-state index in [2.05, 4.69) is 33.4 Å². The number of aliphatic hydroxyl groups excluding tert-OH is 1. The van der Waals surface area contributed by atoms with Gasteiger partial charge in [0.15, 0.2) is 5.78 Å².